The molecule has 53 heavy (non-hydrogen) atoms. The Hall–Kier alpha value is -2.62. The number of fused-ring (bicyclic) bond motifs is 7. The molecule has 0 amide bonds. The molecule has 10 nitrogen and oxygen atoms in total. The van der Waals surface area contributed by atoms with Crippen LogP contribution >= 0.6 is 0 Å². The first kappa shape index (κ1) is 36.0. The minimum absolute atomic E-state index is 0.0411. The minimum Gasteiger partial charge on any atom is -0.454 e. The highest BCUT2D eigenvalue weighted by atomic mass is 16.5. The average Bonchev–Trinajstić information content (AvgIpc) is 3.84. The molecule has 4 bridgehead atoms. The van der Waals surface area contributed by atoms with Gasteiger partial charge in [0.05, 0.1) is 35.9 Å². The Labute approximate surface area is 311 Å². The molecule has 8 aliphatic carbocycles. The van der Waals surface area contributed by atoms with Crippen molar-refractivity contribution in [1.82, 2.24) is 5.32 Å². The molecule has 1 aliphatic heterocycles. The summed E-state index contributed by atoms with van der Waals surface area (Å²) in [7, 11) is 1.88. The van der Waals surface area contributed by atoms with Gasteiger partial charge in [-0.2, -0.15) is 0 Å². The van der Waals surface area contributed by atoms with Crippen molar-refractivity contribution < 1.29 is 45.0 Å². The molecule has 9 aliphatic rings. The van der Waals surface area contributed by atoms with E-state index in [1.165, 1.54) is 6.08 Å². The number of likely N-dealkylation sites (N-methyl/N-ethyl adjacent to an activating group) is 1. The second-order valence-electron chi connectivity index (χ2n) is 18.5. The Morgan fingerprint density at radius 3 is 2.55 bits per heavy atom. The van der Waals surface area contributed by atoms with Crippen molar-refractivity contribution in [2.45, 2.75) is 138 Å². The third kappa shape index (κ3) is 4.26. The van der Waals surface area contributed by atoms with Gasteiger partial charge in [-0.1, -0.05) is 36.8 Å². The van der Waals surface area contributed by atoms with Crippen molar-refractivity contribution in [3.63, 3.8) is 0 Å². The summed E-state index contributed by atoms with van der Waals surface area (Å²) in [5, 5.41) is 77.1. The fraction of sp³-hybridized carbons (Fsp3) is 0.721. The molecule has 1 aromatic rings. The molecule has 0 aromatic heterocycles. The molecular formula is C43H55NO9. The van der Waals surface area contributed by atoms with Gasteiger partial charge >= 0.3 is 5.97 Å². The number of rotatable bonds is 4. The number of hydrogen-bond donors (Lipinski definition) is 7. The largest absolute Gasteiger partial charge is 0.454 e. The fourth-order valence-corrected chi connectivity index (χ4v) is 15.0. The molecule has 6 saturated carbocycles. The predicted molar refractivity (Wildman–Crippen MR) is 193 cm³/mol. The highest BCUT2D eigenvalue weighted by molar-refractivity contribution is 5.87. The lowest BCUT2D eigenvalue weighted by Gasteiger charge is -2.71. The van der Waals surface area contributed by atoms with Crippen LogP contribution in [-0.4, -0.2) is 91.6 Å². The number of aliphatic hydroxyl groups excluding tert-OH is 3. The predicted octanol–water partition coefficient (Wildman–Crippen LogP) is 2.61. The highest BCUT2D eigenvalue weighted by Crippen LogP contribution is 2.80. The molecule has 1 heterocycles. The third-order valence-corrected chi connectivity index (χ3v) is 17.3. The molecule has 10 heteroatoms. The van der Waals surface area contributed by atoms with Crippen molar-refractivity contribution >= 4 is 12.3 Å². The van der Waals surface area contributed by atoms with E-state index < -0.39 is 62.6 Å². The van der Waals surface area contributed by atoms with Gasteiger partial charge < -0.3 is 45.5 Å². The van der Waals surface area contributed by atoms with E-state index in [1.807, 2.05) is 25.2 Å². The standard InChI is InChI=1S/C43H55NO9/c1-44-32-18-29-26(8-6-9-27(29)22-45)7-2-3-13-39-14-10-33-38(24-46)23-37(11-4-5-12-37)34(48)21-40(38,50)15-16-42(33,51)43(39,52)20-28-17-30(32)36-31(19-35(49)53-36)41(28,39)25-47/h6,8-9,19,24,28,30,32-34,36,44-45,47-48,50-52H,3-5,10-18,20-23,25H2,1H3. The van der Waals surface area contributed by atoms with Crippen LogP contribution in [0.4, 0.5) is 0 Å². The van der Waals surface area contributed by atoms with Crippen molar-refractivity contribution in [2.24, 2.45) is 39.4 Å². The van der Waals surface area contributed by atoms with Gasteiger partial charge in [0.25, 0.3) is 0 Å². The van der Waals surface area contributed by atoms with Crippen LogP contribution in [0.5, 0.6) is 0 Å². The molecular weight excluding hydrogens is 674 g/mol. The van der Waals surface area contributed by atoms with Crippen molar-refractivity contribution in [3.05, 3.63) is 46.5 Å². The average molecular weight is 730 g/mol. The highest BCUT2D eigenvalue weighted by Gasteiger charge is 2.84. The van der Waals surface area contributed by atoms with Gasteiger partial charge in [-0.25, -0.2) is 4.79 Å². The second kappa shape index (κ2) is 11.9. The molecule has 6 fully saturated rings. The van der Waals surface area contributed by atoms with E-state index in [-0.39, 0.29) is 63.2 Å². The number of hydrogen-bond acceptors (Lipinski definition) is 10. The summed E-state index contributed by atoms with van der Waals surface area (Å²) in [4.78, 5) is 27.2. The summed E-state index contributed by atoms with van der Waals surface area (Å²) in [6, 6.07) is 5.53. The Bertz CT molecular complexity index is 1810. The monoisotopic (exact) mass is 729 g/mol. The lowest BCUT2D eigenvalue weighted by molar-refractivity contribution is -0.333. The number of carbonyl (C=O) groups is 2. The van der Waals surface area contributed by atoms with Gasteiger partial charge in [-0.15, -0.1) is 0 Å². The van der Waals surface area contributed by atoms with Crippen LogP contribution in [0.15, 0.2) is 29.8 Å². The number of aliphatic hydroxyl groups is 6. The van der Waals surface area contributed by atoms with Gasteiger partial charge in [0.15, 0.2) is 0 Å². The lowest BCUT2D eigenvalue weighted by Crippen LogP contribution is -2.79. The maximum absolute atomic E-state index is 13.8. The number of carbonyl (C=O) groups excluding carboxylic acids is 2. The van der Waals surface area contributed by atoms with Crippen LogP contribution < -0.4 is 5.32 Å². The lowest BCUT2D eigenvalue weighted by atomic mass is 9.36. The van der Waals surface area contributed by atoms with Crippen LogP contribution in [0.3, 0.4) is 0 Å². The van der Waals surface area contributed by atoms with E-state index >= 15 is 0 Å². The molecule has 0 saturated heterocycles. The van der Waals surface area contributed by atoms with E-state index in [2.05, 4.69) is 17.2 Å². The van der Waals surface area contributed by atoms with Gasteiger partial charge in [-0.3, -0.25) is 0 Å². The first-order chi connectivity index (χ1) is 25.4. The molecule has 10 rings (SSSR count). The zero-order chi connectivity index (χ0) is 37.2. The number of esters is 1. The van der Waals surface area contributed by atoms with Crippen molar-refractivity contribution in [1.29, 1.82) is 0 Å². The van der Waals surface area contributed by atoms with E-state index in [4.69, 9.17) is 4.74 Å². The quantitative estimate of drug-likeness (QED) is 0.139. The molecule has 12 unspecified atom stereocenters. The maximum atomic E-state index is 13.8. The minimum atomic E-state index is -1.80. The van der Waals surface area contributed by atoms with Crippen LogP contribution in [-0.2, 0) is 27.4 Å². The third-order valence-electron chi connectivity index (χ3n) is 17.3. The number of ether oxygens (including phenoxy) is 1. The first-order valence-corrected chi connectivity index (χ1v) is 20.1. The van der Waals surface area contributed by atoms with Gasteiger partial charge in [0.2, 0.25) is 0 Å². The molecule has 1 aromatic carbocycles. The van der Waals surface area contributed by atoms with E-state index in [0.29, 0.717) is 44.1 Å². The van der Waals surface area contributed by atoms with Crippen LogP contribution in [0.25, 0.3) is 0 Å². The second-order valence-corrected chi connectivity index (χ2v) is 18.5. The SMILES string of the molecule is CNC1Cc2c(cccc2CO)C#CCCC23CCC4C(O)(CCC5(O)CC(O)C6(CCCC6)CC45C=O)C2(O)CC2CC1C1OC(=O)C=C1C23CO. The van der Waals surface area contributed by atoms with Crippen LogP contribution in [0.1, 0.15) is 107 Å². The van der Waals surface area contributed by atoms with E-state index in [9.17, 15) is 40.2 Å². The van der Waals surface area contributed by atoms with E-state index in [1.54, 1.807) is 0 Å². The molecule has 286 valence electrons. The molecule has 0 radical (unpaired) electrons. The summed E-state index contributed by atoms with van der Waals surface area (Å²) in [5.41, 5.74) is -6.05. The Morgan fingerprint density at radius 1 is 1.04 bits per heavy atom. The maximum Gasteiger partial charge on any atom is 0.331 e. The fourth-order valence-electron chi connectivity index (χ4n) is 15.0. The van der Waals surface area contributed by atoms with E-state index in [0.717, 1.165) is 48.7 Å². The van der Waals surface area contributed by atoms with Crippen molar-refractivity contribution in [3.8, 4) is 11.8 Å². The normalized spacial score (nSPS) is 47.6. The first-order valence-electron chi connectivity index (χ1n) is 20.1. The smallest absolute Gasteiger partial charge is 0.331 e. The number of aldehydes is 1. The summed E-state index contributed by atoms with van der Waals surface area (Å²) in [6.07, 6.45) is 7.33. The number of benzene rings is 1. The van der Waals surface area contributed by atoms with Crippen LogP contribution in [0.2, 0.25) is 0 Å². The van der Waals surface area contributed by atoms with Gasteiger partial charge in [0.1, 0.15) is 18.0 Å². The number of nitrogens with one attached hydrogen (secondary N) is 1. The van der Waals surface area contributed by atoms with Gasteiger partial charge in [-0.05, 0) is 112 Å². The zero-order valence-corrected chi connectivity index (χ0v) is 30.8. The zero-order valence-electron chi connectivity index (χ0n) is 30.8. The Kier molecular flexibility index (Phi) is 8.12. The summed E-state index contributed by atoms with van der Waals surface area (Å²) < 4.78 is 6.17. The molecule has 7 N–H and O–H groups in total. The molecule has 12 atom stereocenters. The summed E-state index contributed by atoms with van der Waals surface area (Å²) in [5.74, 6) is 4.91. The molecule has 2 spiro atoms. The Balaban J connectivity index is 1.23. The summed E-state index contributed by atoms with van der Waals surface area (Å²) in [6.45, 7) is -0.490. The summed E-state index contributed by atoms with van der Waals surface area (Å²) >= 11 is 0. The Morgan fingerprint density at radius 2 is 1.83 bits per heavy atom. The topological polar surface area (TPSA) is 177 Å². The van der Waals surface area contributed by atoms with Crippen LogP contribution in [0, 0.1) is 51.3 Å². The van der Waals surface area contributed by atoms with Gasteiger partial charge in [0, 0.05) is 53.2 Å². The van der Waals surface area contributed by atoms with Crippen molar-refractivity contribution in [2.75, 3.05) is 13.7 Å².